The number of ether oxygens (including phenoxy) is 1. The molecule has 0 saturated carbocycles. The number of rotatable bonds is 5. The molecule has 1 rings (SSSR count). The molecular formula is C10H11F4NOS. The van der Waals surface area contributed by atoms with Gasteiger partial charge in [-0.1, -0.05) is 0 Å². The van der Waals surface area contributed by atoms with Crippen LogP contribution in [0, 0.1) is 5.82 Å². The Morgan fingerprint density at radius 1 is 1.29 bits per heavy atom. The predicted octanol–water partition coefficient (Wildman–Crippen LogP) is 3.08. The lowest BCUT2D eigenvalue weighted by atomic mass is 10.3. The Bertz CT molecular complexity index is 370. The largest absolute Gasteiger partial charge is 0.411 e. The Kier molecular flexibility index (Phi) is 5.07. The van der Waals surface area contributed by atoms with Crippen molar-refractivity contribution in [3.63, 3.8) is 0 Å². The summed E-state index contributed by atoms with van der Waals surface area (Å²) >= 11 is 1.22. The number of thioether (sulfide) groups is 1. The lowest BCUT2D eigenvalue weighted by Crippen LogP contribution is -2.17. The molecule has 0 heterocycles. The molecule has 0 saturated heterocycles. The first-order valence-electron chi connectivity index (χ1n) is 4.71. The second-order valence-electron chi connectivity index (χ2n) is 3.20. The zero-order valence-corrected chi connectivity index (χ0v) is 9.58. The number of halogens is 4. The van der Waals surface area contributed by atoms with Crippen molar-refractivity contribution in [1.29, 1.82) is 0 Å². The fourth-order valence-corrected chi connectivity index (χ4v) is 1.86. The van der Waals surface area contributed by atoms with Gasteiger partial charge in [0.1, 0.15) is 12.4 Å². The van der Waals surface area contributed by atoms with E-state index >= 15 is 0 Å². The van der Waals surface area contributed by atoms with Gasteiger partial charge in [0.15, 0.2) is 0 Å². The van der Waals surface area contributed by atoms with Gasteiger partial charge in [-0.3, -0.25) is 0 Å². The van der Waals surface area contributed by atoms with E-state index in [1.807, 2.05) is 0 Å². The van der Waals surface area contributed by atoms with Crippen molar-refractivity contribution in [2.45, 2.75) is 11.1 Å². The van der Waals surface area contributed by atoms with Crippen LogP contribution >= 0.6 is 11.8 Å². The van der Waals surface area contributed by atoms with E-state index in [0.29, 0.717) is 10.6 Å². The average Bonchev–Trinajstić information content (AvgIpc) is 2.18. The Morgan fingerprint density at radius 3 is 2.59 bits per heavy atom. The standard InChI is InChI=1S/C10H11F4NOS/c11-7-1-2-9(8(15)5-7)17-4-3-16-6-10(12,13)14/h1-2,5H,3-4,6,15H2. The molecule has 0 spiro atoms. The molecule has 0 aliphatic rings. The van der Waals surface area contributed by atoms with Crippen LogP contribution in [0.1, 0.15) is 0 Å². The Hall–Kier alpha value is -0.950. The number of anilines is 1. The summed E-state index contributed by atoms with van der Waals surface area (Å²) < 4.78 is 52.3. The fourth-order valence-electron chi connectivity index (χ4n) is 1.05. The molecule has 2 N–H and O–H groups in total. The van der Waals surface area contributed by atoms with Gasteiger partial charge in [-0.25, -0.2) is 4.39 Å². The van der Waals surface area contributed by atoms with Gasteiger partial charge in [0, 0.05) is 16.3 Å². The number of hydrogen-bond acceptors (Lipinski definition) is 3. The maximum atomic E-state index is 12.7. The van der Waals surface area contributed by atoms with E-state index in [1.54, 1.807) is 0 Å². The zero-order valence-electron chi connectivity index (χ0n) is 8.76. The predicted molar refractivity (Wildman–Crippen MR) is 58.4 cm³/mol. The molecule has 17 heavy (non-hydrogen) atoms. The lowest BCUT2D eigenvalue weighted by molar-refractivity contribution is -0.172. The van der Waals surface area contributed by atoms with Crippen molar-refractivity contribution in [3.8, 4) is 0 Å². The monoisotopic (exact) mass is 269 g/mol. The van der Waals surface area contributed by atoms with Gasteiger partial charge in [0.2, 0.25) is 0 Å². The third-order valence-corrected chi connectivity index (χ3v) is 2.78. The van der Waals surface area contributed by atoms with E-state index in [4.69, 9.17) is 5.73 Å². The molecule has 0 aliphatic carbocycles. The molecule has 2 nitrogen and oxygen atoms in total. The van der Waals surface area contributed by atoms with E-state index in [2.05, 4.69) is 4.74 Å². The van der Waals surface area contributed by atoms with Gasteiger partial charge in [0.25, 0.3) is 0 Å². The van der Waals surface area contributed by atoms with Gasteiger partial charge in [-0.2, -0.15) is 13.2 Å². The normalized spacial score (nSPS) is 11.8. The molecule has 0 aliphatic heterocycles. The summed E-state index contributed by atoms with van der Waals surface area (Å²) in [7, 11) is 0. The molecule has 7 heteroatoms. The number of hydrogen-bond donors (Lipinski definition) is 1. The maximum Gasteiger partial charge on any atom is 0.411 e. The van der Waals surface area contributed by atoms with Gasteiger partial charge in [0.05, 0.1) is 6.61 Å². The van der Waals surface area contributed by atoms with E-state index < -0.39 is 18.6 Å². The number of benzene rings is 1. The van der Waals surface area contributed by atoms with Gasteiger partial charge in [-0.05, 0) is 18.2 Å². The van der Waals surface area contributed by atoms with Crippen LogP contribution in [0.3, 0.4) is 0 Å². The minimum atomic E-state index is -4.31. The molecule has 0 aromatic heterocycles. The van der Waals surface area contributed by atoms with Crippen molar-refractivity contribution in [3.05, 3.63) is 24.0 Å². The topological polar surface area (TPSA) is 35.2 Å². The smallest absolute Gasteiger partial charge is 0.398 e. The van der Waals surface area contributed by atoms with Crippen LogP contribution in [0.15, 0.2) is 23.1 Å². The molecule has 0 fully saturated rings. The van der Waals surface area contributed by atoms with E-state index in [9.17, 15) is 17.6 Å². The van der Waals surface area contributed by atoms with Gasteiger partial charge >= 0.3 is 6.18 Å². The van der Waals surface area contributed by atoms with Crippen molar-refractivity contribution in [2.75, 3.05) is 24.7 Å². The van der Waals surface area contributed by atoms with Crippen molar-refractivity contribution >= 4 is 17.4 Å². The minimum Gasteiger partial charge on any atom is -0.398 e. The third kappa shape index (κ3) is 5.78. The molecule has 1 aromatic carbocycles. The first-order valence-corrected chi connectivity index (χ1v) is 5.69. The summed E-state index contributed by atoms with van der Waals surface area (Å²) in [5.74, 6) is -0.119. The summed E-state index contributed by atoms with van der Waals surface area (Å²) in [6, 6.07) is 3.90. The van der Waals surface area contributed by atoms with E-state index in [0.717, 1.165) is 0 Å². The minimum absolute atomic E-state index is 0.0407. The van der Waals surface area contributed by atoms with Crippen LogP contribution in [0.4, 0.5) is 23.2 Å². The molecule has 0 unspecified atom stereocenters. The molecule has 96 valence electrons. The molecule has 0 bridgehead atoms. The van der Waals surface area contributed by atoms with Crippen LogP contribution in [0.5, 0.6) is 0 Å². The second-order valence-corrected chi connectivity index (χ2v) is 4.34. The third-order valence-electron chi connectivity index (χ3n) is 1.72. The summed E-state index contributed by atoms with van der Waals surface area (Å²) in [6.45, 7) is -1.30. The Morgan fingerprint density at radius 2 is 2.00 bits per heavy atom. The van der Waals surface area contributed by atoms with Crippen LogP contribution in [0.2, 0.25) is 0 Å². The molecule has 0 amide bonds. The summed E-state index contributed by atoms with van der Waals surface area (Å²) in [5, 5.41) is 0. The first-order chi connectivity index (χ1) is 7.88. The van der Waals surface area contributed by atoms with E-state index in [-0.39, 0.29) is 12.3 Å². The highest BCUT2D eigenvalue weighted by Gasteiger charge is 2.27. The van der Waals surface area contributed by atoms with Crippen LogP contribution < -0.4 is 5.73 Å². The van der Waals surface area contributed by atoms with Crippen molar-refractivity contribution < 1.29 is 22.3 Å². The van der Waals surface area contributed by atoms with Crippen molar-refractivity contribution in [1.82, 2.24) is 0 Å². The number of nitrogens with two attached hydrogens (primary N) is 1. The number of nitrogen functional groups attached to an aromatic ring is 1. The molecule has 0 radical (unpaired) electrons. The SMILES string of the molecule is Nc1cc(F)ccc1SCCOCC(F)(F)F. The van der Waals surface area contributed by atoms with Crippen molar-refractivity contribution in [2.24, 2.45) is 0 Å². The number of alkyl halides is 3. The Balaban J connectivity index is 2.27. The first kappa shape index (κ1) is 14.1. The molecule has 1 aromatic rings. The second kappa shape index (κ2) is 6.11. The maximum absolute atomic E-state index is 12.7. The summed E-state index contributed by atoms with van der Waals surface area (Å²) in [6.07, 6.45) is -4.31. The van der Waals surface area contributed by atoms with Crippen LogP contribution in [0.25, 0.3) is 0 Å². The zero-order chi connectivity index (χ0) is 12.9. The van der Waals surface area contributed by atoms with Gasteiger partial charge < -0.3 is 10.5 Å². The fraction of sp³-hybridized carbons (Fsp3) is 0.400. The average molecular weight is 269 g/mol. The molecular weight excluding hydrogens is 258 g/mol. The quantitative estimate of drug-likeness (QED) is 0.386. The highest BCUT2D eigenvalue weighted by molar-refractivity contribution is 7.99. The summed E-state index contributed by atoms with van der Waals surface area (Å²) in [4.78, 5) is 0.627. The lowest BCUT2D eigenvalue weighted by Gasteiger charge is -2.08. The van der Waals surface area contributed by atoms with E-state index in [1.165, 1.54) is 30.0 Å². The van der Waals surface area contributed by atoms with Crippen LogP contribution in [-0.2, 0) is 4.74 Å². The Labute approximate surface area is 100 Å². The summed E-state index contributed by atoms with van der Waals surface area (Å²) in [5.41, 5.74) is 5.79. The highest BCUT2D eigenvalue weighted by Crippen LogP contribution is 2.25. The van der Waals surface area contributed by atoms with Gasteiger partial charge in [-0.15, -0.1) is 11.8 Å². The molecule has 0 atom stereocenters. The van der Waals surface area contributed by atoms with Crippen LogP contribution in [-0.4, -0.2) is 25.1 Å². The highest BCUT2D eigenvalue weighted by atomic mass is 32.2.